The van der Waals surface area contributed by atoms with Gasteiger partial charge in [0.15, 0.2) is 5.17 Å². The topological polar surface area (TPSA) is 73.8 Å². The number of anilines is 2. The van der Waals surface area contributed by atoms with Gasteiger partial charge in [0.1, 0.15) is 5.25 Å². The van der Waals surface area contributed by atoms with Gasteiger partial charge in [0.2, 0.25) is 11.8 Å². The molecule has 6 aliphatic rings. The fraction of sp³-hybridized carbons (Fsp3) is 0.654. The number of nitrogens with one attached hydrogen (secondary N) is 2. The van der Waals surface area contributed by atoms with Crippen LogP contribution in [0.15, 0.2) is 29.3 Å². The number of benzene rings is 1. The Morgan fingerprint density at radius 2 is 1.67 bits per heavy atom. The van der Waals surface area contributed by atoms with Gasteiger partial charge in [0.25, 0.3) is 0 Å². The Morgan fingerprint density at radius 3 is 2.30 bits per heavy atom. The minimum absolute atomic E-state index is 0.0393. The summed E-state index contributed by atoms with van der Waals surface area (Å²) in [5.41, 5.74) is 2.04. The van der Waals surface area contributed by atoms with E-state index in [9.17, 15) is 9.59 Å². The molecular formula is C26H34N4O2S. The van der Waals surface area contributed by atoms with Crippen LogP contribution < -0.4 is 15.5 Å². The molecule has 4 aliphatic carbocycles. The van der Waals surface area contributed by atoms with Crippen LogP contribution >= 0.6 is 11.8 Å². The van der Waals surface area contributed by atoms with Gasteiger partial charge in [0, 0.05) is 30.9 Å². The number of amides is 2. The van der Waals surface area contributed by atoms with Crippen LogP contribution in [0.1, 0.15) is 64.2 Å². The summed E-state index contributed by atoms with van der Waals surface area (Å²) in [6.07, 6.45) is 11.6. The van der Waals surface area contributed by atoms with Gasteiger partial charge in [0.05, 0.1) is 5.54 Å². The minimum Gasteiger partial charge on any atom is -0.372 e. The summed E-state index contributed by atoms with van der Waals surface area (Å²) in [4.78, 5) is 32.8. The molecule has 4 bridgehead atoms. The highest BCUT2D eigenvalue weighted by Crippen LogP contribution is 2.57. The van der Waals surface area contributed by atoms with Crippen molar-refractivity contribution in [2.75, 3.05) is 23.3 Å². The molecule has 1 aromatic carbocycles. The Balaban J connectivity index is 1.05. The normalized spacial score (nSPS) is 36.3. The Bertz CT molecular complexity index is 918. The molecule has 0 radical (unpaired) electrons. The smallest absolute Gasteiger partial charge is 0.240 e. The van der Waals surface area contributed by atoms with E-state index in [0.29, 0.717) is 0 Å². The Kier molecular flexibility index (Phi) is 5.63. The summed E-state index contributed by atoms with van der Waals surface area (Å²) >= 11 is 1.45. The summed E-state index contributed by atoms with van der Waals surface area (Å²) in [5, 5.41) is 6.29. The van der Waals surface area contributed by atoms with Crippen LogP contribution in [0.2, 0.25) is 0 Å². The molecule has 6 nitrogen and oxygen atoms in total. The molecule has 2 N–H and O–H groups in total. The zero-order valence-electron chi connectivity index (χ0n) is 19.2. The van der Waals surface area contributed by atoms with Crippen LogP contribution in [0, 0.1) is 17.8 Å². The lowest BCUT2D eigenvalue weighted by molar-refractivity contribution is -0.122. The van der Waals surface area contributed by atoms with E-state index in [1.54, 1.807) is 0 Å². The third-order valence-electron chi connectivity index (χ3n) is 8.36. The average molecular weight is 467 g/mol. The summed E-state index contributed by atoms with van der Waals surface area (Å²) in [7, 11) is 0. The van der Waals surface area contributed by atoms with E-state index < -0.39 is 5.25 Å². The molecule has 0 aromatic heterocycles. The van der Waals surface area contributed by atoms with E-state index in [1.807, 2.05) is 12.1 Å². The van der Waals surface area contributed by atoms with Gasteiger partial charge >= 0.3 is 0 Å². The number of carbonyl (C=O) groups excluding carboxylic acids is 2. The molecule has 176 valence electrons. The SMILES string of the molecule is O=C(CC1SC(=NC23CC4CC(CC(C4)C2)C3)NC1=O)Nc1ccc(N2CCCCC2)cc1. The molecule has 33 heavy (non-hydrogen) atoms. The van der Waals surface area contributed by atoms with Crippen molar-refractivity contribution in [3.63, 3.8) is 0 Å². The number of piperidine rings is 1. The molecule has 0 spiro atoms. The first-order chi connectivity index (χ1) is 16.0. The number of amidine groups is 1. The number of carbonyl (C=O) groups is 2. The lowest BCUT2D eigenvalue weighted by Gasteiger charge is -2.55. The van der Waals surface area contributed by atoms with Gasteiger partial charge in [-0.2, -0.15) is 0 Å². The van der Waals surface area contributed by atoms with Crippen molar-refractivity contribution in [2.45, 2.75) is 75.0 Å². The first-order valence-electron chi connectivity index (χ1n) is 12.8. The first-order valence-corrected chi connectivity index (χ1v) is 13.6. The molecule has 2 saturated heterocycles. The first kappa shape index (κ1) is 21.5. The van der Waals surface area contributed by atoms with Gasteiger partial charge in [-0.25, -0.2) is 0 Å². The number of hydrogen-bond acceptors (Lipinski definition) is 5. The van der Waals surface area contributed by atoms with Gasteiger partial charge in [-0.05, 0) is 99.8 Å². The lowest BCUT2D eigenvalue weighted by atomic mass is 9.53. The van der Waals surface area contributed by atoms with Gasteiger partial charge in [-0.3, -0.25) is 14.6 Å². The van der Waals surface area contributed by atoms with Crippen molar-refractivity contribution in [3.8, 4) is 0 Å². The molecule has 2 aliphatic heterocycles. The highest BCUT2D eigenvalue weighted by atomic mass is 32.2. The van der Waals surface area contributed by atoms with E-state index in [0.717, 1.165) is 41.7 Å². The third-order valence-corrected chi connectivity index (χ3v) is 9.45. The van der Waals surface area contributed by atoms with Gasteiger partial charge in [-0.1, -0.05) is 11.8 Å². The number of aliphatic imine (C=N–C) groups is 1. The van der Waals surface area contributed by atoms with E-state index in [4.69, 9.17) is 4.99 Å². The zero-order valence-corrected chi connectivity index (χ0v) is 20.0. The molecule has 1 atom stereocenters. The predicted octanol–water partition coefficient (Wildman–Crippen LogP) is 4.56. The second-order valence-corrected chi connectivity index (χ2v) is 12.2. The van der Waals surface area contributed by atoms with Crippen LogP contribution in [0.25, 0.3) is 0 Å². The number of thioether (sulfide) groups is 1. The molecule has 7 rings (SSSR count). The van der Waals surface area contributed by atoms with Crippen molar-refractivity contribution < 1.29 is 9.59 Å². The van der Waals surface area contributed by atoms with E-state index in [-0.39, 0.29) is 23.8 Å². The van der Waals surface area contributed by atoms with E-state index >= 15 is 0 Å². The van der Waals surface area contributed by atoms with Gasteiger partial charge < -0.3 is 15.5 Å². The molecule has 1 unspecified atom stereocenters. The molecule has 2 heterocycles. The fourth-order valence-electron chi connectivity index (χ4n) is 7.30. The fourth-order valence-corrected chi connectivity index (χ4v) is 8.37. The maximum Gasteiger partial charge on any atom is 0.240 e. The van der Waals surface area contributed by atoms with Crippen LogP contribution in [-0.4, -0.2) is 40.9 Å². The molecule has 7 heteroatoms. The second-order valence-electron chi connectivity index (χ2n) is 11.0. The van der Waals surface area contributed by atoms with Crippen LogP contribution in [0.5, 0.6) is 0 Å². The van der Waals surface area contributed by atoms with E-state index in [2.05, 4.69) is 27.7 Å². The van der Waals surface area contributed by atoms with Crippen molar-refractivity contribution in [2.24, 2.45) is 22.7 Å². The van der Waals surface area contributed by atoms with Crippen molar-refractivity contribution in [1.29, 1.82) is 0 Å². The Morgan fingerprint density at radius 1 is 1.03 bits per heavy atom. The Labute approximate surface area is 200 Å². The molecule has 2 amide bonds. The van der Waals surface area contributed by atoms with Gasteiger partial charge in [-0.15, -0.1) is 0 Å². The molecular weight excluding hydrogens is 432 g/mol. The zero-order chi connectivity index (χ0) is 22.4. The maximum atomic E-state index is 12.7. The summed E-state index contributed by atoms with van der Waals surface area (Å²) < 4.78 is 0. The second kappa shape index (κ2) is 8.64. The standard InChI is InChI=1S/C26H34N4O2S/c31-23(27-20-4-6-21(7-5-20)30-8-2-1-3-9-30)13-22-24(32)28-25(33-22)29-26-14-17-10-18(15-26)12-19(11-17)16-26/h4-7,17-19,22H,1-3,8-16H2,(H,27,31)(H,28,29,32). The lowest BCUT2D eigenvalue weighted by Crippen LogP contribution is -2.50. The number of hydrogen-bond donors (Lipinski definition) is 2. The Hall–Kier alpha value is -2.02. The predicted molar refractivity (Wildman–Crippen MR) is 134 cm³/mol. The maximum absolute atomic E-state index is 12.7. The van der Waals surface area contributed by atoms with Crippen LogP contribution in [0.4, 0.5) is 11.4 Å². The molecule has 6 fully saturated rings. The quantitative estimate of drug-likeness (QED) is 0.667. The van der Waals surface area contributed by atoms with E-state index in [1.165, 1.54) is 75.2 Å². The van der Waals surface area contributed by atoms with Crippen LogP contribution in [-0.2, 0) is 9.59 Å². The highest BCUT2D eigenvalue weighted by molar-refractivity contribution is 8.15. The molecule has 1 aromatic rings. The average Bonchev–Trinajstić information content (AvgIpc) is 3.11. The van der Waals surface area contributed by atoms with Crippen molar-refractivity contribution in [3.05, 3.63) is 24.3 Å². The van der Waals surface area contributed by atoms with Crippen molar-refractivity contribution in [1.82, 2.24) is 5.32 Å². The summed E-state index contributed by atoms with van der Waals surface area (Å²) in [6, 6.07) is 8.08. The third kappa shape index (κ3) is 4.53. The summed E-state index contributed by atoms with van der Waals surface area (Å²) in [6.45, 7) is 2.21. The summed E-state index contributed by atoms with van der Waals surface area (Å²) in [5.74, 6) is 2.27. The monoisotopic (exact) mass is 466 g/mol. The number of rotatable bonds is 5. The largest absolute Gasteiger partial charge is 0.372 e. The highest BCUT2D eigenvalue weighted by Gasteiger charge is 2.51. The molecule has 4 saturated carbocycles. The van der Waals surface area contributed by atoms with Crippen LogP contribution in [0.3, 0.4) is 0 Å². The van der Waals surface area contributed by atoms with Crippen molar-refractivity contribution >= 4 is 40.1 Å². The number of nitrogens with zero attached hydrogens (tertiary/aromatic N) is 2. The minimum atomic E-state index is -0.398.